The SMILES string of the molecule is COc1ccc(N2CCOCC2)c(NC(=O)CSc2ccc(Cl)cc2)c1. The van der Waals surface area contributed by atoms with Gasteiger partial charge in [0.05, 0.1) is 37.5 Å². The van der Waals surface area contributed by atoms with Crippen molar-refractivity contribution in [2.24, 2.45) is 0 Å². The monoisotopic (exact) mass is 392 g/mol. The molecule has 5 nitrogen and oxygen atoms in total. The fourth-order valence-electron chi connectivity index (χ4n) is 2.69. The summed E-state index contributed by atoms with van der Waals surface area (Å²) in [6.07, 6.45) is 0. The standard InChI is InChI=1S/C19H21ClN2O3S/c1-24-15-4-7-18(22-8-10-25-11-9-22)17(12-15)21-19(23)13-26-16-5-2-14(20)3-6-16/h2-7,12H,8-11,13H2,1H3,(H,21,23). The zero-order valence-corrected chi connectivity index (χ0v) is 16.1. The molecule has 1 aliphatic rings. The van der Waals surface area contributed by atoms with Crippen LogP contribution >= 0.6 is 23.4 Å². The summed E-state index contributed by atoms with van der Waals surface area (Å²) in [4.78, 5) is 15.7. The number of carbonyl (C=O) groups is 1. The van der Waals surface area contributed by atoms with Crippen LogP contribution in [0.15, 0.2) is 47.4 Å². The van der Waals surface area contributed by atoms with Crippen molar-refractivity contribution in [2.75, 3.05) is 49.4 Å². The van der Waals surface area contributed by atoms with E-state index in [0.29, 0.717) is 29.7 Å². The van der Waals surface area contributed by atoms with Crippen LogP contribution in [0.5, 0.6) is 5.75 Å². The van der Waals surface area contributed by atoms with E-state index in [9.17, 15) is 4.79 Å². The number of anilines is 2. The average molecular weight is 393 g/mol. The Bertz CT molecular complexity index is 749. The molecule has 0 saturated carbocycles. The highest BCUT2D eigenvalue weighted by atomic mass is 35.5. The molecule has 3 rings (SSSR count). The summed E-state index contributed by atoms with van der Waals surface area (Å²) in [5.41, 5.74) is 1.74. The number of thioether (sulfide) groups is 1. The molecule has 138 valence electrons. The van der Waals surface area contributed by atoms with Gasteiger partial charge in [0.25, 0.3) is 0 Å². The van der Waals surface area contributed by atoms with Crippen molar-refractivity contribution in [2.45, 2.75) is 4.90 Å². The molecule has 1 saturated heterocycles. The predicted octanol–water partition coefficient (Wildman–Crippen LogP) is 3.92. The minimum atomic E-state index is -0.0623. The van der Waals surface area contributed by atoms with Crippen molar-refractivity contribution in [3.63, 3.8) is 0 Å². The number of hydrogen-bond donors (Lipinski definition) is 1. The van der Waals surface area contributed by atoms with Gasteiger partial charge >= 0.3 is 0 Å². The molecule has 0 spiro atoms. The van der Waals surface area contributed by atoms with Crippen molar-refractivity contribution >= 4 is 40.6 Å². The first-order chi connectivity index (χ1) is 12.7. The van der Waals surface area contributed by atoms with Gasteiger partial charge in [0.1, 0.15) is 5.75 Å². The lowest BCUT2D eigenvalue weighted by Crippen LogP contribution is -2.36. The van der Waals surface area contributed by atoms with E-state index in [1.807, 2.05) is 42.5 Å². The fourth-order valence-corrected chi connectivity index (χ4v) is 3.51. The van der Waals surface area contributed by atoms with Gasteiger partial charge in [0, 0.05) is 29.1 Å². The second kappa shape index (κ2) is 9.16. The van der Waals surface area contributed by atoms with E-state index in [1.165, 1.54) is 11.8 Å². The van der Waals surface area contributed by atoms with Crippen molar-refractivity contribution in [3.05, 3.63) is 47.5 Å². The largest absolute Gasteiger partial charge is 0.497 e. The van der Waals surface area contributed by atoms with E-state index in [2.05, 4.69) is 10.2 Å². The Hall–Kier alpha value is -1.89. The van der Waals surface area contributed by atoms with E-state index < -0.39 is 0 Å². The van der Waals surface area contributed by atoms with Gasteiger partial charge in [-0.3, -0.25) is 4.79 Å². The molecule has 0 unspecified atom stereocenters. The zero-order valence-electron chi connectivity index (χ0n) is 14.5. The molecule has 1 N–H and O–H groups in total. The quantitative estimate of drug-likeness (QED) is 0.755. The zero-order chi connectivity index (χ0) is 18.4. The highest BCUT2D eigenvalue weighted by Gasteiger charge is 2.17. The van der Waals surface area contributed by atoms with E-state index in [4.69, 9.17) is 21.1 Å². The lowest BCUT2D eigenvalue weighted by atomic mass is 10.2. The molecular weight excluding hydrogens is 372 g/mol. The topological polar surface area (TPSA) is 50.8 Å². The van der Waals surface area contributed by atoms with Crippen LogP contribution in [0.1, 0.15) is 0 Å². The van der Waals surface area contributed by atoms with Gasteiger partial charge in [-0.25, -0.2) is 0 Å². The van der Waals surface area contributed by atoms with Gasteiger partial charge in [-0.2, -0.15) is 0 Å². The van der Waals surface area contributed by atoms with Gasteiger partial charge in [0.15, 0.2) is 0 Å². The molecule has 1 amide bonds. The number of hydrogen-bond acceptors (Lipinski definition) is 5. The Labute approximate surface area is 162 Å². The van der Waals surface area contributed by atoms with Gasteiger partial charge < -0.3 is 19.7 Å². The first-order valence-corrected chi connectivity index (χ1v) is 9.71. The molecule has 1 heterocycles. The Morgan fingerprint density at radius 1 is 1.23 bits per heavy atom. The molecule has 0 bridgehead atoms. The van der Waals surface area contributed by atoms with Crippen LogP contribution in [-0.4, -0.2) is 45.1 Å². The Balaban J connectivity index is 1.68. The average Bonchev–Trinajstić information content (AvgIpc) is 2.68. The second-order valence-electron chi connectivity index (χ2n) is 5.77. The summed E-state index contributed by atoms with van der Waals surface area (Å²) in [6, 6.07) is 13.2. The third-order valence-corrected chi connectivity index (χ3v) is 5.28. The smallest absolute Gasteiger partial charge is 0.234 e. The summed E-state index contributed by atoms with van der Waals surface area (Å²) in [7, 11) is 1.62. The van der Waals surface area contributed by atoms with Crippen LogP contribution < -0.4 is 15.0 Å². The van der Waals surface area contributed by atoms with Gasteiger partial charge in [-0.05, 0) is 36.4 Å². The van der Waals surface area contributed by atoms with Gasteiger partial charge in [0.2, 0.25) is 5.91 Å². The Kier molecular flexibility index (Phi) is 6.66. The van der Waals surface area contributed by atoms with Crippen LogP contribution in [0.25, 0.3) is 0 Å². The number of halogens is 1. The molecular formula is C19H21ClN2O3S. The number of methoxy groups -OCH3 is 1. The first kappa shape index (κ1) is 18.9. The van der Waals surface area contributed by atoms with Gasteiger partial charge in [-0.1, -0.05) is 11.6 Å². The molecule has 0 atom stereocenters. The van der Waals surface area contributed by atoms with Crippen LogP contribution in [0.4, 0.5) is 11.4 Å². The molecule has 1 fully saturated rings. The molecule has 26 heavy (non-hydrogen) atoms. The van der Waals surface area contributed by atoms with Crippen molar-refractivity contribution < 1.29 is 14.3 Å². The molecule has 0 aromatic heterocycles. The number of benzene rings is 2. The van der Waals surface area contributed by atoms with Crippen molar-refractivity contribution in [3.8, 4) is 5.75 Å². The Morgan fingerprint density at radius 2 is 1.96 bits per heavy atom. The normalized spacial score (nSPS) is 14.2. The van der Waals surface area contributed by atoms with Gasteiger partial charge in [-0.15, -0.1) is 11.8 Å². The highest BCUT2D eigenvalue weighted by molar-refractivity contribution is 8.00. The van der Waals surface area contributed by atoms with Crippen LogP contribution in [0.2, 0.25) is 5.02 Å². The third kappa shape index (κ3) is 5.06. The van der Waals surface area contributed by atoms with Crippen LogP contribution in [0, 0.1) is 0 Å². The number of carbonyl (C=O) groups excluding carboxylic acids is 1. The van der Waals surface area contributed by atoms with Crippen LogP contribution in [0.3, 0.4) is 0 Å². The minimum absolute atomic E-state index is 0.0623. The molecule has 0 radical (unpaired) electrons. The van der Waals surface area contributed by atoms with Crippen molar-refractivity contribution in [1.29, 1.82) is 0 Å². The highest BCUT2D eigenvalue weighted by Crippen LogP contribution is 2.31. The number of ether oxygens (including phenoxy) is 2. The number of nitrogens with zero attached hydrogens (tertiary/aromatic N) is 1. The summed E-state index contributed by atoms with van der Waals surface area (Å²) in [5, 5.41) is 3.70. The van der Waals surface area contributed by atoms with E-state index in [-0.39, 0.29) is 5.91 Å². The maximum Gasteiger partial charge on any atom is 0.234 e. The lowest BCUT2D eigenvalue weighted by molar-refractivity contribution is -0.113. The molecule has 0 aliphatic carbocycles. The lowest BCUT2D eigenvalue weighted by Gasteiger charge is -2.30. The molecule has 7 heteroatoms. The number of nitrogens with one attached hydrogen (secondary N) is 1. The number of amides is 1. The number of rotatable bonds is 6. The first-order valence-electron chi connectivity index (χ1n) is 8.34. The second-order valence-corrected chi connectivity index (χ2v) is 7.26. The summed E-state index contributed by atoms with van der Waals surface area (Å²) in [5.74, 6) is 0.969. The maximum atomic E-state index is 12.4. The predicted molar refractivity (Wildman–Crippen MR) is 107 cm³/mol. The fraction of sp³-hybridized carbons (Fsp3) is 0.316. The van der Waals surface area contributed by atoms with E-state index in [1.54, 1.807) is 7.11 Å². The molecule has 1 aliphatic heterocycles. The van der Waals surface area contributed by atoms with E-state index >= 15 is 0 Å². The van der Waals surface area contributed by atoms with E-state index in [0.717, 1.165) is 29.4 Å². The summed E-state index contributed by atoms with van der Waals surface area (Å²) in [6.45, 7) is 2.97. The third-order valence-electron chi connectivity index (χ3n) is 4.01. The Morgan fingerprint density at radius 3 is 2.65 bits per heavy atom. The maximum absolute atomic E-state index is 12.4. The molecule has 2 aromatic carbocycles. The molecule has 2 aromatic rings. The van der Waals surface area contributed by atoms with Crippen LogP contribution in [-0.2, 0) is 9.53 Å². The summed E-state index contributed by atoms with van der Waals surface area (Å²) >= 11 is 7.36. The van der Waals surface area contributed by atoms with Crippen molar-refractivity contribution in [1.82, 2.24) is 0 Å². The minimum Gasteiger partial charge on any atom is -0.497 e. The number of morpholine rings is 1. The summed E-state index contributed by atoms with van der Waals surface area (Å²) < 4.78 is 10.7.